The third-order valence-corrected chi connectivity index (χ3v) is 3.59. The van der Waals surface area contributed by atoms with Crippen molar-refractivity contribution in [3.8, 4) is 5.75 Å². The van der Waals surface area contributed by atoms with Crippen LogP contribution in [0, 0.1) is 0 Å². The molecule has 1 aliphatic rings. The third kappa shape index (κ3) is 3.11. The van der Waals surface area contributed by atoms with Crippen LogP contribution >= 0.6 is 0 Å². The summed E-state index contributed by atoms with van der Waals surface area (Å²) in [6.45, 7) is 3.49. The van der Waals surface area contributed by atoms with E-state index in [1.54, 1.807) is 7.11 Å². The van der Waals surface area contributed by atoms with E-state index in [-0.39, 0.29) is 18.1 Å². The van der Waals surface area contributed by atoms with Crippen LogP contribution in [-0.4, -0.2) is 56.0 Å². The Morgan fingerprint density at radius 2 is 1.95 bits per heavy atom. The first kappa shape index (κ1) is 14.8. The number of likely N-dealkylation sites (N-methyl/N-ethyl adjacent to an activating group) is 1. The largest absolute Gasteiger partial charge is 0.497 e. The quantitative estimate of drug-likeness (QED) is 0.874. The fourth-order valence-electron chi connectivity index (χ4n) is 2.38. The van der Waals surface area contributed by atoms with Crippen LogP contribution in [0.25, 0.3) is 0 Å². The smallest absolute Gasteiger partial charge is 0.241 e. The molecule has 1 amide bonds. The summed E-state index contributed by atoms with van der Waals surface area (Å²) in [7, 11) is 5.68. The van der Waals surface area contributed by atoms with Gasteiger partial charge in [0.25, 0.3) is 0 Å². The molecule has 1 N–H and O–H groups in total. The Kier molecular flexibility index (Phi) is 4.62. The Morgan fingerprint density at radius 1 is 1.30 bits per heavy atom. The van der Waals surface area contributed by atoms with E-state index in [2.05, 4.69) is 10.2 Å². The molecule has 1 aromatic carbocycles. The van der Waals surface area contributed by atoms with E-state index >= 15 is 0 Å². The Hall–Kier alpha value is -1.59. The van der Waals surface area contributed by atoms with Crippen molar-refractivity contribution in [3.05, 3.63) is 29.8 Å². The lowest BCUT2D eigenvalue weighted by Gasteiger charge is -2.26. The van der Waals surface area contributed by atoms with E-state index in [4.69, 9.17) is 4.74 Å². The molecule has 1 fully saturated rings. The Bertz CT molecular complexity index is 459. The van der Waals surface area contributed by atoms with Crippen molar-refractivity contribution < 1.29 is 9.53 Å². The first-order valence-electron chi connectivity index (χ1n) is 6.88. The summed E-state index contributed by atoms with van der Waals surface area (Å²) >= 11 is 0. The fraction of sp³-hybridized carbons (Fsp3) is 0.533. The van der Waals surface area contributed by atoms with Crippen LogP contribution in [0.4, 0.5) is 0 Å². The molecule has 0 saturated carbocycles. The molecular formula is C15H23N3O2. The predicted octanol–water partition coefficient (Wildman–Crippen LogP) is 1.08. The van der Waals surface area contributed by atoms with Gasteiger partial charge in [-0.25, -0.2) is 0 Å². The molecule has 1 aromatic rings. The first-order valence-corrected chi connectivity index (χ1v) is 6.88. The highest BCUT2D eigenvalue weighted by atomic mass is 16.5. The molecule has 0 aliphatic carbocycles. The molecule has 20 heavy (non-hydrogen) atoms. The topological polar surface area (TPSA) is 44.8 Å². The van der Waals surface area contributed by atoms with Crippen LogP contribution in [0.2, 0.25) is 0 Å². The number of carbonyl (C=O) groups is 1. The van der Waals surface area contributed by atoms with Gasteiger partial charge in [0.2, 0.25) is 5.91 Å². The summed E-state index contributed by atoms with van der Waals surface area (Å²) in [6, 6.07) is 7.72. The minimum absolute atomic E-state index is 0.0524. The van der Waals surface area contributed by atoms with Crippen molar-refractivity contribution in [3.63, 3.8) is 0 Å². The van der Waals surface area contributed by atoms with Crippen LogP contribution in [0.3, 0.4) is 0 Å². The SMILES string of the molecule is COc1ccc(C2NC(C)C(=O)N2CCN(C)C)cc1. The third-order valence-electron chi connectivity index (χ3n) is 3.59. The fourth-order valence-corrected chi connectivity index (χ4v) is 2.38. The Labute approximate surface area is 120 Å². The number of nitrogens with one attached hydrogen (secondary N) is 1. The molecular weight excluding hydrogens is 254 g/mol. The monoisotopic (exact) mass is 277 g/mol. The van der Waals surface area contributed by atoms with E-state index in [9.17, 15) is 4.79 Å². The van der Waals surface area contributed by atoms with Crippen molar-refractivity contribution in [1.82, 2.24) is 15.1 Å². The van der Waals surface area contributed by atoms with Gasteiger partial charge in [-0.3, -0.25) is 10.1 Å². The average molecular weight is 277 g/mol. The number of benzene rings is 1. The van der Waals surface area contributed by atoms with E-state index in [1.807, 2.05) is 50.2 Å². The van der Waals surface area contributed by atoms with E-state index < -0.39 is 0 Å². The molecule has 0 aromatic heterocycles. The summed E-state index contributed by atoms with van der Waals surface area (Å²) in [4.78, 5) is 16.2. The van der Waals surface area contributed by atoms with Crippen molar-refractivity contribution in [2.24, 2.45) is 0 Å². The molecule has 110 valence electrons. The molecule has 1 heterocycles. The maximum absolute atomic E-state index is 12.2. The van der Waals surface area contributed by atoms with Gasteiger partial charge >= 0.3 is 0 Å². The zero-order chi connectivity index (χ0) is 14.7. The normalized spacial score (nSPS) is 22.6. The summed E-state index contributed by atoms with van der Waals surface area (Å²) in [5.74, 6) is 0.985. The molecule has 2 rings (SSSR count). The standard InChI is InChI=1S/C15H23N3O2/c1-11-15(19)18(10-9-17(2)3)14(16-11)12-5-7-13(20-4)8-6-12/h5-8,11,14,16H,9-10H2,1-4H3. The molecule has 1 saturated heterocycles. The molecule has 0 bridgehead atoms. The lowest BCUT2D eigenvalue weighted by Crippen LogP contribution is -2.36. The van der Waals surface area contributed by atoms with Gasteiger partial charge in [-0.15, -0.1) is 0 Å². The summed E-state index contributed by atoms with van der Waals surface area (Å²) in [6.07, 6.45) is -0.0524. The zero-order valence-corrected chi connectivity index (χ0v) is 12.6. The molecule has 2 atom stereocenters. The summed E-state index contributed by atoms with van der Waals surface area (Å²) < 4.78 is 5.17. The van der Waals surface area contributed by atoms with Crippen LogP contribution in [-0.2, 0) is 4.79 Å². The van der Waals surface area contributed by atoms with Crippen molar-refractivity contribution in [1.29, 1.82) is 0 Å². The van der Waals surface area contributed by atoms with Crippen molar-refractivity contribution in [2.75, 3.05) is 34.3 Å². The maximum atomic E-state index is 12.2. The Morgan fingerprint density at radius 3 is 2.50 bits per heavy atom. The number of amides is 1. The molecule has 2 unspecified atom stereocenters. The molecule has 0 spiro atoms. The van der Waals surface area contributed by atoms with Crippen LogP contribution in [0.5, 0.6) is 5.75 Å². The number of hydrogen-bond donors (Lipinski definition) is 1. The van der Waals surface area contributed by atoms with E-state index in [0.29, 0.717) is 0 Å². The first-order chi connectivity index (χ1) is 9.52. The minimum Gasteiger partial charge on any atom is -0.497 e. The number of hydrogen-bond acceptors (Lipinski definition) is 4. The highest BCUT2D eigenvalue weighted by molar-refractivity contribution is 5.84. The molecule has 5 heteroatoms. The van der Waals surface area contributed by atoms with Gasteiger partial charge in [0, 0.05) is 13.1 Å². The predicted molar refractivity (Wildman–Crippen MR) is 78.6 cm³/mol. The van der Waals surface area contributed by atoms with Gasteiger partial charge < -0.3 is 14.5 Å². The number of carbonyl (C=O) groups excluding carboxylic acids is 1. The number of methoxy groups -OCH3 is 1. The average Bonchev–Trinajstić information content (AvgIpc) is 2.72. The highest BCUT2D eigenvalue weighted by Crippen LogP contribution is 2.26. The second kappa shape index (κ2) is 6.24. The summed E-state index contributed by atoms with van der Waals surface area (Å²) in [5, 5.41) is 3.35. The van der Waals surface area contributed by atoms with E-state index in [0.717, 1.165) is 24.4 Å². The molecule has 0 radical (unpaired) electrons. The van der Waals surface area contributed by atoms with Gasteiger partial charge in [0.1, 0.15) is 11.9 Å². The minimum atomic E-state index is -0.135. The maximum Gasteiger partial charge on any atom is 0.241 e. The van der Waals surface area contributed by atoms with Crippen LogP contribution in [0.1, 0.15) is 18.7 Å². The zero-order valence-electron chi connectivity index (χ0n) is 12.6. The van der Waals surface area contributed by atoms with Crippen molar-refractivity contribution >= 4 is 5.91 Å². The van der Waals surface area contributed by atoms with Crippen LogP contribution < -0.4 is 10.1 Å². The lowest BCUT2D eigenvalue weighted by molar-refractivity contribution is -0.130. The van der Waals surface area contributed by atoms with Gasteiger partial charge in [0.05, 0.1) is 13.2 Å². The second-order valence-corrected chi connectivity index (χ2v) is 5.40. The highest BCUT2D eigenvalue weighted by Gasteiger charge is 2.36. The van der Waals surface area contributed by atoms with Crippen molar-refractivity contribution in [2.45, 2.75) is 19.1 Å². The van der Waals surface area contributed by atoms with Gasteiger partial charge in [-0.1, -0.05) is 12.1 Å². The molecule has 5 nitrogen and oxygen atoms in total. The van der Waals surface area contributed by atoms with Crippen LogP contribution in [0.15, 0.2) is 24.3 Å². The second-order valence-electron chi connectivity index (χ2n) is 5.40. The lowest BCUT2D eigenvalue weighted by atomic mass is 10.1. The molecule has 1 aliphatic heterocycles. The van der Waals surface area contributed by atoms with Gasteiger partial charge in [0.15, 0.2) is 0 Å². The van der Waals surface area contributed by atoms with Gasteiger partial charge in [-0.2, -0.15) is 0 Å². The van der Waals surface area contributed by atoms with Gasteiger partial charge in [-0.05, 0) is 38.7 Å². The number of rotatable bonds is 5. The number of nitrogens with zero attached hydrogens (tertiary/aromatic N) is 2. The number of ether oxygens (including phenoxy) is 1. The van der Waals surface area contributed by atoms with E-state index in [1.165, 1.54) is 0 Å². The Balaban J connectivity index is 2.16. The summed E-state index contributed by atoms with van der Waals surface area (Å²) in [5.41, 5.74) is 1.09.